The molecule has 1 aromatic heterocycles. The number of nitrogens with zero attached hydrogens (tertiary/aromatic N) is 1. The zero-order chi connectivity index (χ0) is 15.8. The summed E-state index contributed by atoms with van der Waals surface area (Å²) >= 11 is 0. The second kappa shape index (κ2) is 5.78. The molecule has 2 rings (SSSR count). The van der Waals surface area contributed by atoms with Crippen LogP contribution in [-0.2, 0) is 10.0 Å². The van der Waals surface area contributed by atoms with E-state index in [9.17, 15) is 23.4 Å². The normalized spacial score (nSPS) is 20.6. The van der Waals surface area contributed by atoms with Crippen molar-refractivity contribution in [2.24, 2.45) is 5.92 Å². The van der Waals surface area contributed by atoms with E-state index >= 15 is 0 Å². The Labute approximate surface area is 123 Å². The van der Waals surface area contributed by atoms with Crippen molar-refractivity contribution in [3.8, 4) is 0 Å². The maximum absolute atomic E-state index is 12.7. The van der Waals surface area contributed by atoms with E-state index in [2.05, 4.69) is 0 Å². The summed E-state index contributed by atoms with van der Waals surface area (Å²) in [5, 5.41) is 18.4. The number of sulfonamides is 1. The molecule has 8 heteroatoms. The van der Waals surface area contributed by atoms with Crippen LogP contribution in [0.1, 0.15) is 34.7 Å². The average Bonchev–Trinajstić information content (AvgIpc) is 2.74. The van der Waals surface area contributed by atoms with Gasteiger partial charge in [-0.05, 0) is 32.6 Å². The molecule has 1 aromatic rings. The summed E-state index contributed by atoms with van der Waals surface area (Å²) < 4.78 is 31.9. The van der Waals surface area contributed by atoms with Gasteiger partial charge in [0, 0.05) is 19.7 Å². The van der Waals surface area contributed by atoms with Crippen LogP contribution in [0.4, 0.5) is 0 Å². The highest BCUT2D eigenvalue weighted by Crippen LogP contribution is 2.31. The highest BCUT2D eigenvalue weighted by Gasteiger charge is 2.37. The lowest BCUT2D eigenvalue weighted by Gasteiger charge is -2.30. The zero-order valence-corrected chi connectivity index (χ0v) is 12.8. The van der Waals surface area contributed by atoms with Gasteiger partial charge in [-0.15, -0.1) is 0 Å². The molecule has 1 aliphatic rings. The van der Waals surface area contributed by atoms with Gasteiger partial charge in [0.05, 0.1) is 0 Å². The summed E-state index contributed by atoms with van der Waals surface area (Å²) in [6, 6.07) is 0. The number of carboxylic acid groups (broad SMARTS) is 1. The first kappa shape index (κ1) is 16.0. The predicted octanol–water partition coefficient (Wildman–Crippen LogP) is 0.988. The summed E-state index contributed by atoms with van der Waals surface area (Å²) in [5.74, 6) is -1.28. The topological polar surface area (TPSA) is 108 Å². The standard InChI is InChI=1S/C13H19NO6S/c1-8-11(13(16)17)12(9(2)20-8)21(18,19)14-5-3-4-10(6-14)7-15/h10,15H,3-7H2,1-2H3,(H,16,17). The predicted molar refractivity (Wildman–Crippen MR) is 73.7 cm³/mol. The molecule has 21 heavy (non-hydrogen) atoms. The van der Waals surface area contributed by atoms with Gasteiger partial charge in [-0.3, -0.25) is 0 Å². The minimum Gasteiger partial charge on any atom is -0.478 e. The van der Waals surface area contributed by atoms with E-state index in [1.165, 1.54) is 18.2 Å². The van der Waals surface area contributed by atoms with Crippen LogP contribution >= 0.6 is 0 Å². The van der Waals surface area contributed by atoms with Gasteiger partial charge in [-0.2, -0.15) is 4.31 Å². The van der Waals surface area contributed by atoms with Crippen molar-refractivity contribution in [3.63, 3.8) is 0 Å². The molecule has 0 spiro atoms. The molecule has 2 N–H and O–H groups in total. The van der Waals surface area contributed by atoms with E-state index in [-0.39, 0.29) is 41.0 Å². The maximum Gasteiger partial charge on any atom is 0.340 e. The first-order chi connectivity index (χ1) is 9.78. The quantitative estimate of drug-likeness (QED) is 0.857. The Hall–Kier alpha value is -1.38. The molecule has 7 nitrogen and oxygen atoms in total. The summed E-state index contributed by atoms with van der Waals surface area (Å²) in [6.45, 7) is 3.31. The number of aromatic carboxylic acids is 1. The maximum atomic E-state index is 12.7. The van der Waals surface area contributed by atoms with Crippen LogP contribution in [0.25, 0.3) is 0 Å². The van der Waals surface area contributed by atoms with Gasteiger partial charge in [0.25, 0.3) is 0 Å². The second-order valence-electron chi connectivity index (χ2n) is 5.28. The first-order valence-corrected chi connectivity index (χ1v) is 8.17. The number of furan rings is 1. The van der Waals surface area contributed by atoms with Crippen molar-refractivity contribution in [1.82, 2.24) is 4.31 Å². The van der Waals surface area contributed by atoms with Crippen LogP contribution in [-0.4, -0.2) is 48.6 Å². The molecule has 0 aromatic carbocycles. The van der Waals surface area contributed by atoms with E-state index in [4.69, 9.17) is 4.42 Å². The molecule has 1 fully saturated rings. The molecule has 1 aliphatic heterocycles. The van der Waals surface area contributed by atoms with Crippen molar-refractivity contribution in [3.05, 3.63) is 17.1 Å². The molecule has 1 unspecified atom stereocenters. The molecular formula is C13H19NO6S. The third-order valence-electron chi connectivity index (χ3n) is 3.76. The Morgan fingerprint density at radius 2 is 2.05 bits per heavy atom. The Balaban J connectivity index is 2.47. The highest BCUT2D eigenvalue weighted by molar-refractivity contribution is 7.89. The van der Waals surface area contributed by atoms with Gasteiger partial charge in [-0.25, -0.2) is 13.2 Å². The number of aryl methyl sites for hydroxylation is 2. The van der Waals surface area contributed by atoms with Crippen molar-refractivity contribution in [2.45, 2.75) is 31.6 Å². The van der Waals surface area contributed by atoms with Crippen molar-refractivity contribution < 1.29 is 27.8 Å². The van der Waals surface area contributed by atoms with E-state index in [0.717, 1.165) is 6.42 Å². The third kappa shape index (κ3) is 2.83. The number of aliphatic hydroxyl groups excluding tert-OH is 1. The van der Waals surface area contributed by atoms with Gasteiger partial charge in [-0.1, -0.05) is 0 Å². The summed E-state index contributed by atoms with van der Waals surface area (Å²) in [7, 11) is -3.94. The van der Waals surface area contributed by atoms with Crippen molar-refractivity contribution >= 4 is 16.0 Å². The molecule has 2 heterocycles. The molecule has 0 aliphatic carbocycles. The Kier molecular flexibility index (Phi) is 4.40. The molecular weight excluding hydrogens is 298 g/mol. The molecule has 1 atom stereocenters. The number of piperidine rings is 1. The van der Waals surface area contributed by atoms with Crippen LogP contribution in [0.15, 0.2) is 9.31 Å². The summed E-state index contributed by atoms with van der Waals surface area (Å²) in [4.78, 5) is 11.1. The highest BCUT2D eigenvalue weighted by atomic mass is 32.2. The van der Waals surface area contributed by atoms with Crippen molar-refractivity contribution in [1.29, 1.82) is 0 Å². The van der Waals surface area contributed by atoms with Crippen LogP contribution < -0.4 is 0 Å². The Morgan fingerprint density at radius 1 is 1.38 bits per heavy atom. The fourth-order valence-electron chi connectivity index (χ4n) is 2.74. The van der Waals surface area contributed by atoms with Gasteiger partial charge in [0.15, 0.2) is 0 Å². The number of hydrogen-bond acceptors (Lipinski definition) is 5. The van der Waals surface area contributed by atoms with Gasteiger partial charge < -0.3 is 14.6 Å². The molecule has 0 saturated carbocycles. The smallest absolute Gasteiger partial charge is 0.340 e. The van der Waals surface area contributed by atoms with E-state index in [1.54, 1.807) is 0 Å². The van der Waals surface area contributed by atoms with E-state index in [0.29, 0.717) is 13.0 Å². The van der Waals surface area contributed by atoms with Crippen LogP contribution in [0.5, 0.6) is 0 Å². The number of rotatable bonds is 4. The Morgan fingerprint density at radius 3 is 2.62 bits per heavy atom. The summed E-state index contributed by atoms with van der Waals surface area (Å²) in [5.41, 5.74) is -0.307. The molecule has 0 bridgehead atoms. The third-order valence-corrected chi connectivity index (χ3v) is 5.78. The van der Waals surface area contributed by atoms with Crippen molar-refractivity contribution in [2.75, 3.05) is 19.7 Å². The molecule has 0 amide bonds. The largest absolute Gasteiger partial charge is 0.478 e. The van der Waals surface area contributed by atoms with Crippen LogP contribution in [0.3, 0.4) is 0 Å². The first-order valence-electron chi connectivity index (χ1n) is 6.73. The minimum atomic E-state index is -3.94. The zero-order valence-electron chi connectivity index (χ0n) is 12.0. The number of carboxylic acids is 1. The monoisotopic (exact) mass is 317 g/mol. The number of carbonyl (C=O) groups is 1. The van der Waals surface area contributed by atoms with E-state index < -0.39 is 16.0 Å². The minimum absolute atomic E-state index is 0.0780. The van der Waals surface area contributed by atoms with Crippen LogP contribution in [0.2, 0.25) is 0 Å². The molecule has 0 radical (unpaired) electrons. The lowest BCUT2D eigenvalue weighted by molar-refractivity contribution is 0.0691. The SMILES string of the molecule is Cc1oc(C)c(S(=O)(=O)N2CCCC(CO)C2)c1C(=O)O. The Bertz CT molecular complexity index is 648. The van der Waals surface area contributed by atoms with Gasteiger partial charge >= 0.3 is 5.97 Å². The number of aliphatic hydroxyl groups is 1. The van der Waals surface area contributed by atoms with Gasteiger partial charge in [0.1, 0.15) is 22.0 Å². The van der Waals surface area contributed by atoms with E-state index in [1.807, 2.05) is 0 Å². The fraction of sp³-hybridized carbons (Fsp3) is 0.615. The average molecular weight is 317 g/mol. The number of hydrogen-bond donors (Lipinski definition) is 2. The second-order valence-corrected chi connectivity index (χ2v) is 7.15. The van der Waals surface area contributed by atoms with Gasteiger partial charge in [0.2, 0.25) is 10.0 Å². The lowest BCUT2D eigenvalue weighted by Crippen LogP contribution is -2.41. The summed E-state index contributed by atoms with van der Waals surface area (Å²) in [6.07, 6.45) is 1.40. The lowest BCUT2D eigenvalue weighted by atomic mass is 10.0. The molecule has 1 saturated heterocycles. The van der Waals surface area contributed by atoms with Crippen LogP contribution in [0, 0.1) is 19.8 Å². The molecule has 118 valence electrons. The fourth-order valence-corrected chi connectivity index (χ4v) is 4.67.